The molecule has 3 rings (SSSR count). The minimum Gasteiger partial charge on any atom is -0.423 e. The zero-order chi connectivity index (χ0) is 15.2. The molecule has 0 aliphatic heterocycles. The highest BCUT2D eigenvalue weighted by Crippen LogP contribution is 2.30. The van der Waals surface area contributed by atoms with Crippen LogP contribution in [0.25, 0.3) is 21.5 Å². The van der Waals surface area contributed by atoms with Crippen molar-refractivity contribution in [2.24, 2.45) is 0 Å². The first-order valence-corrected chi connectivity index (χ1v) is 7.20. The van der Waals surface area contributed by atoms with Gasteiger partial charge in [-0.1, -0.05) is 69.3 Å². The van der Waals surface area contributed by atoms with Crippen molar-refractivity contribution < 1.29 is 10.0 Å². The van der Waals surface area contributed by atoms with Crippen LogP contribution in [0.4, 0.5) is 0 Å². The van der Waals surface area contributed by atoms with Crippen LogP contribution in [0.2, 0.25) is 0 Å². The fraction of sp³-hybridized carbons (Fsp3) is 0.222. The Kier molecular flexibility index (Phi) is 3.27. The third-order valence-corrected chi connectivity index (χ3v) is 4.04. The third-order valence-electron chi connectivity index (χ3n) is 4.04. The van der Waals surface area contributed by atoms with E-state index in [1.54, 1.807) is 0 Å². The van der Waals surface area contributed by atoms with Crippen LogP contribution >= 0.6 is 0 Å². The zero-order valence-electron chi connectivity index (χ0n) is 12.6. The highest BCUT2D eigenvalue weighted by molar-refractivity contribution is 6.62. The second kappa shape index (κ2) is 4.87. The van der Waals surface area contributed by atoms with E-state index in [4.69, 9.17) is 0 Å². The summed E-state index contributed by atoms with van der Waals surface area (Å²) in [5.74, 6) is 0. The van der Waals surface area contributed by atoms with E-state index in [0.29, 0.717) is 5.46 Å². The van der Waals surface area contributed by atoms with Crippen molar-refractivity contribution in [3.63, 3.8) is 0 Å². The minimum atomic E-state index is -1.46. The monoisotopic (exact) mass is 278 g/mol. The molecule has 0 amide bonds. The van der Waals surface area contributed by atoms with Gasteiger partial charge in [-0.2, -0.15) is 0 Å². The Morgan fingerprint density at radius 3 is 2.19 bits per heavy atom. The summed E-state index contributed by atoms with van der Waals surface area (Å²) in [6, 6.07) is 16.2. The van der Waals surface area contributed by atoms with Gasteiger partial charge in [0, 0.05) is 0 Å². The zero-order valence-corrected chi connectivity index (χ0v) is 12.6. The SMILES string of the molecule is CC(C)(C)c1ccc2c(B(O)O)cc3ccccc3c2c1. The first-order chi connectivity index (χ1) is 9.88. The summed E-state index contributed by atoms with van der Waals surface area (Å²) in [7, 11) is -1.46. The molecule has 0 aromatic heterocycles. The van der Waals surface area contributed by atoms with Crippen molar-refractivity contribution in [1.29, 1.82) is 0 Å². The van der Waals surface area contributed by atoms with Gasteiger partial charge in [-0.25, -0.2) is 0 Å². The maximum atomic E-state index is 9.67. The summed E-state index contributed by atoms with van der Waals surface area (Å²) in [4.78, 5) is 0. The standard InChI is InChI=1S/C18H19BO2/c1-18(2,3)13-8-9-15-16(11-13)14-7-5-4-6-12(14)10-17(15)19(20)21/h4-11,20-21H,1-3H3. The van der Waals surface area contributed by atoms with Gasteiger partial charge in [0.15, 0.2) is 0 Å². The number of benzene rings is 3. The molecule has 0 aliphatic carbocycles. The van der Waals surface area contributed by atoms with Crippen molar-refractivity contribution in [2.45, 2.75) is 26.2 Å². The Morgan fingerprint density at radius 2 is 1.52 bits per heavy atom. The van der Waals surface area contributed by atoms with Gasteiger partial charge in [0.05, 0.1) is 0 Å². The molecule has 0 heterocycles. The summed E-state index contributed by atoms with van der Waals surface area (Å²) in [6.07, 6.45) is 0. The summed E-state index contributed by atoms with van der Waals surface area (Å²) in [5.41, 5.74) is 1.86. The van der Waals surface area contributed by atoms with Gasteiger partial charge >= 0.3 is 7.12 Å². The quantitative estimate of drug-likeness (QED) is 0.530. The Bertz CT molecular complexity index is 816. The molecule has 0 bridgehead atoms. The fourth-order valence-electron chi connectivity index (χ4n) is 2.81. The topological polar surface area (TPSA) is 40.5 Å². The van der Waals surface area contributed by atoms with E-state index in [9.17, 15) is 10.0 Å². The van der Waals surface area contributed by atoms with Gasteiger partial charge in [0.2, 0.25) is 0 Å². The van der Waals surface area contributed by atoms with Crippen LogP contribution < -0.4 is 5.46 Å². The molecule has 3 heteroatoms. The maximum absolute atomic E-state index is 9.67. The van der Waals surface area contributed by atoms with Crippen LogP contribution in [-0.2, 0) is 5.41 Å². The van der Waals surface area contributed by atoms with Crippen LogP contribution in [-0.4, -0.2) is 17.2 Å². The lowest BCUT2D eigenvalue weighted by Gasteiger charge is -2.20. The molecule has 0 saturated carbocycles. The molecule has 0 radical (unpaired) electrons. The predicted octanol–water partition coefficient (Wildman–Crippen LogP) is 2.97. The first kappa shape index (κ1) is 14.1. The molecular formula is C18H19BO2. The molecule has 2 nitrogen and oxygen atoms in total. The van der Waals surface area contributed by atoms with Gasteiger partial charge in [0.1, 0.15) is 0 Å². The summed E-state index contributed by atoms with van der Waals surface area (Å²) >= 11 is 0. The molecule has 3 aromatic rings. The average molecular weight is 278 g/mol. The van der Waals surface area contributed by atoms with Gasteiger partial charge in [-0.15, -0.1) is 0 Å². The Balaban J connectivity index is 2.46. The van der Waals surface area contributed by atoms with Crippen molar-refractivity contribution >= 4 is 34.1 Å². The number of hydrogen-bond acceptors (Lipinski definition) is 2. The number of rotatable bonds is 1. The minimum absolute atomic E-state index is 0.0587. The highest BCUT2D eigenvalue weighted by atomic mass is 16.4. The number of hydrogen-bond donors (Lipinski definition) is 2. The maximum Gasteiger partial charge on any atom is 0.489 e. The predicted molar refractivity (Wildman–Crippen MR) is 90.0 cm³/mol. The molecule has 0 aliphatic rings. The van der Waals surface area contributed by atoms with Gasteiger partial charge in [0.25, 0.3) is 0 Å². The first-order valence-electron chi connectivity index (χ1n) is 7.20. The molecule has 0 fully saturated rings. The van der Waals surface area contributed by atoms with Crippen molar-refractivity contribution in [2.75, 3.05) is 0 Å². The second-order valence-electron chi connectivity index (χ2n) is 6.57. The van der Waals surface area contributed by atoms with Crippen LogP contribution in [0.5, 0.6) is 0 Å². The van der Waals surface area contributed by atoms with Gasteiger partial charge in [-0.3, -0.25) is 0 Å². The van der Waals surface area contributed by atoms with Crippen molar-refractivity contribution in [3.8, 4) is 0 Å². The molecular weight excluding hydrogens is 259 g/mol. The second-order valence-corrected chi connectivity index (χ2v) is 6.57. The average Bonchev–Trinajstić information content (AvgIpc) is 2.44. The van der Waals surface area contributed by atoms with Gasteiger partial charge < -0.3 is 10.0 Å². The van der Waals surface area contributed by atoms with E-state index >= 15 is 0 Å². The molecule has 106 valence electrons. The van der Waals surface area contributed by atoms with Crippen LogP contribution in [0.1, 0.15) is 26.3 Å². The lowest BCUT2D eigenvalue weighted by molar-refractivity contribution is 0.426. The highest BCUT2D eigenvalue weighted by Gasteiger charge is 2.19. The summed E-state index contributed by atoms with van der Waals surface area (Å²) < 4.78 is 0. The van der Waals surface area contributed by atoms with Crippen molar-refractivity contribution in [1.82, 2.24) is 0 Å². The van der Waals surface area contributed by atoms with Crippen LogP contribution in [0.15, 0.2) is 48.5 Å². The molecule has 0 atom stereocenters. The summed E-state index contributed by atoms with van der Waals surface area (Å²) in [5, 5.41) is 23.5. The Morgan fingerprint density at radius 1 is 0.810 bits per heavy atom. The smallest absolute Gasteiger partial charge is 0.423 e. The largest absolute Gasteiger partial charge is 0.489 e. The lowest BCUT2D eigenvalue weighted by Crippen LogP contribution is -2.30. The Labute approximate surface area is 125 Å². The van der Waals surface area contributed by atoms with Crippen LogP contribution in [0, 0.1) is 0 Å². The molecule has 3 aromatic carbocycles. The van der Waals surface area contributed by atoms with Crippen LogP contribution in [0.3, 0.4) is 0 Å². The van der Waals surface area contributed by atoms with Gasteiger partial charge in [-0.05, 0) is 38.0 Å². The molecule has 21 heavy (non-hydrogen) atoms. The lowest BCUT2D eigenvalue weighted by atomic mass is 9.74. The van der Waals surface area contributed by atoms with E-state index in [-0.39, 0.29) is 5.41 Å². The normalized spacial score (nSPS) is 12.0. The third kappa shape index (κ3) is 2.43. The van der Waals surface area contributed by atoms with E-state index in [1.807, 2.05) is 30.3 Å². The Hall–Kier alpha value is -1.84. The number of fused-ring (bicyclic) bond motifs is 3. The molecule has 0 spiro atoms. The molecule has 0 saturated heterocycles. The van der Waals surface area contributed by atoms with E-state index in [0.717, 1.165) is 21.5 Å². The fourth-order valence-corrected chi connectivity index (χ4v) is 2.81. The summed E-state index contributed by atoms with van der Waals surface area (Å²) in [6.45, 7) is 6.54. The molecule has 0 unspecified atom stereocenters. The van der Waals surface area contributed by atoms with E-state index in [2.05, 4.69) is 39.0 Å². The van der Waals surface area contributed by atoms with E-state index < -0.39 is 7.12 Å². The van der Waals surface area contributed by atoms with Crippen molar-refractivity contribution in [3.05, 3.63) is 54.1 Å². The van der Waals surface area contributed by atoms with E-state index in [1.165, 1.54) is 5.56 Å². The molecule has 2 N–H and O–H groups in total.